The Bertz CT molecular complexity index is 2130. The van der Waals surface area contributed by atoms with Gasteiger partial charge in [-0.1, -0.05) is 0 Å². The summed E-state index contributed by atoms with van der Waals surface area (Å²) in [7, 11) is 0. The van der Waals surface area contributed by atoms with Gasteiger partial charge in [0.15, 0.2) is 23.3 Å². The van der Waals surface area contributed by atoms with Crippen molar-refractivity contribution in [2.75, 3.05) is 39.3 Å². The number of ether oxygens (including phenoxy) is 2. The second-order valence-corrected chi connectivity index (χ2v) is 19.0. The smallest absolute Gasteiger partial charge is 0.444 e. The molecule has 0 spiro atoms. The fourth-order valence-corrected chi connectivity index (χ4v) is 8.70. The van der Waals surface area contributed by atoms with Crippen molar-refractivity contribution in [1.82, 2.24) is 30.7 Å². The van der Waals surface area contributed by atoms with E-state index < -0.39 is 101 Å². The second kappa shape index (κ2) is 20.7. The normalized spacial score (nSPS) is 21.3. The Kier molecular flexibility index (Phi) is 16.2. The van der Waals surface area contributed by atoms with E-state index in [9.17, 15) is 63.5 Å². The number of nitrogens with one attached hydrogen (secondary N) is 3. The van der Waals surface area contributed by atoms with Gasteiger partial charge in [0.2, 0.25) is 11.8 Å². The summed E-state index contributed by atoms with van der Waals surface area (Å²) in [6.45, 7) is 11.9. The molecule has 0 unspecified atom stereocenters. The zero-order chi connectivity index (χ0) is 49.1. The Hall–Kier alpha value is -5.28. The van der Waals surface area contributed by atoms with E-state index in [0.717, 1.165) is 25.6 Å². The number of alkyl carbamates (subject to hydrolysis) is 2. The van der Waals surface area contributed by atoms with Gasteiger partial charge in [0.1, 0.15) is 22.8 Å². The summed E-state index contributed by atoms with van der Waals surface area (Å²) < 4.78 is 131. The molecule has 0 bridgehead atoms. The van der Waals surface area contributed by atoms with Crippen LogP contribution in [-0.2, 0) is 36.7 Å². The molecule has 4 fully saturated rings. The van der Waals surface area contributed by atoms with Gasteiger partial charge in [-0.05, 0) is 96.4 Å². The van der Waals surface area contributed by atoms with Gasteiger partial charge in [-0.25, -0.2) is 35.9 Å². The van der Waals surface area contributed by atoms with Crippen LogP contribution < -0.4 is 16.0 Å². The number of rotatable bonds is 10. The number of carbonyl (C=O) groups excluding carboxylic acids is 5. The summed E-state index contributed by atoms with van der Waals surface area (Å²) in [6.07, 6.45) is -6.47. The van der Waals surface area contributed by atoms with E-state index in [0.29, 0.717) is 42.0 Å². The van der Waals surface area contributed by atoms with Crippen molar-refractivity contribution in [3.05, 3.63) is 70.3 Å². The first-order chi connectivity index (χ1) is 30.6. The number of nitrogens with zero attached hydrogens (tertiary/aromatic N) is 3. The number of benzene rings is 2. The van der Waals surface area contributed by atoms with Crippen LogP contribution >= 0.6 is 0 Å². The van der Waals surface area contributed by atoms with E-state index in [4.69, 9.17) is 9.47 Å². The van der Waals surface area contributed by atoms with Crippen LogP contribution in [0.15, 0.2) is 24.3 Å². The standard InChI is InChI=1S/C23H27F6N3O4.C21H28F3N3O3/c1-22(2,3)36-21(35)30-14(6-13-7-16(25)17(26)9-15(13)24)8-19(33)32-5-4-12-10-31(11-18(12)32)20(34)23(27,28)29;1-21(2,3)30-20(29)26-14(6-13-7-16(23)17(24)9-15(13)22)8-19(28)27-5-4-12-10-25-11-18(12)27/h7,9,12,14,18H,4-6,8,10-11H2,1-3H3,(H,30,35);7,9,12,14,18,25H,4-6,8,10-11H2,1-3H3,(H,26,29)/t2*12-,14+,18+/m00/s1. The molecule has 66 heavy (non-hydrogen) atoms. The van der Waals surface area contributed by atoms with Crippen LogP contribution in [0, 0.1) is 46.7 Å². The minimum absolute atomic E-state index is 0.0963. The lowest BCUT2D eigenvalue weighted by Crippen LogP contribution is -2.47. The zero-order valence-electron chi connectivity index (χ0n) is 37.4. The molecule has 4 heterocycles. The minimum Gasteiger partial charge on any atom is -0.444 e. The summed E-state index contributed by atoms with van der Waals surface area (Å²) in [6, 6.07) is -0.251. The average Bonchev–Trinajstić information content (AvgIpc) is 3.97. The molecule has 4 saturated heterocycles. The van der Waals surface area contributed by atoms with E-state index in [1.165, 1.54) is 4.90 Å². The number of hydrogen-bond donors (Lipinski definition) is 3. The molecule has 4 aliphatic rings. The molecular weight excluding hydrogens is 896 g/mol. The number of carbonyl (C=O) groups is 5. The van der Waals surface area contributed by atoms with E-state index in [-0.39, 0.29) is 67.9 Å². The fraction of sp³-hybridized carbons (Fsp3) is 0.614. The number of alkyl halides is 3. The van der Waals surface area contributed by atoms with Crippen molar-refractivity contribution in [2.45, 2.75) is 122 Å². The molecule has 2 aromatic rings. The molecule has 5 amide bonds. The third-order valence-corrected chi connectivity index (χ3v) is 11.6. The maximum atomic E-state index is 14.3. The fourth-order valence-electron chi connectivity index (χ4n) is 8.70. The number of fused-ring (bicyclic) bond motifs is 2. The van der Waals surface area contributed by atoms with Crippen LogP contribution in [0.2, 0.25) is 0 Å². The minimum atomic E-state index is -5.02. The van der Waals surface area contributed by atoms with Gasteiger partial charge in [-0.3, -0.25) is 14.4 Å². The molecule has 6 atom stereocenters. The SMILES string of the molecule is CC(C)(C)OC(=O)N[C@@H](CC(=O)N1CC[C@H]2CN(C(=O)C(F)(F)F)C[C@H]21)Cc1cc(F)c(F)cc1F.CC(C)(C)OC(=O)N[C@@H](CC(=O)N1CC[C@H]2CNC[C@H]21)Cc1cc(F)c(F)cc1F. The van der Waals surface area contributed by atoms with Crippen LogP contribution in [0.4, 0.5) is 49.1 Å². The maximum absolute atomic E-state index is 14.3. The quantitative estimate of drug-likeness (QED) is 0.186. The monoisotopic (exact) mass is 950 g/mol. The lowest BCUT2D eigenvalue weighted by molar-refractivity contribution is -0.184. The summed E-state index contributed by atoms with van der Waals surface area (Å²) in [5.74, 6) is -9.80. The highest BCUT2D eigenvalue weighted by molar-refractivity contribution is 5.83. The van der Waals surface area contributed by atoms with Crippen molar-refractivity contribution in [3.8, 4) is 0 Å². The second-order valence-electron chi connectivity index (χ2n) is 19.0. The van der Waals surface area contributed by atoms with Crippen LogP contribution in [-0.4, -0.2) is 125 Å². The Labute approximate surface area is 376 Å². The van der Waals surface area contributed by atoms with E-state index >= 15 is 0 Å². The van der Waals surface area contributed by atoms with Crippen molar-refractivity contribution < 1.29 is 73.0 Å². The van der Waals surface area contributed by atoms with Crippen LogP contribution in [0.25, 0.3) is 0 Å². The van der Waals surface area contributed by atoms with E-state index in [1.807, 2.05) is 0 Å². The number of halogens is 9. The molecule has 366 valence electrons. The molecule has 22 heteroatoms. The molecule has 0 aliphatic carbocycles. The van der Waals surface area contributed by atoms with Gasteiger partial charge >= 0.3 is 24.3 Å². The lowest BCUT2D eigenvalue weighted by Gasteiger charge is -2.28. The van der Waals surface area contributed by atoms with Gasteiger partial charge in [0, 0.05) is 88.3 Å². The first kappa shape index (κ1) is 51.7. The zero-order valence-corrected chi connectivity index (χ0v) is 37.4. The van der Waals surface area contributed by atoms with Gasteiger partial charge in [0.05, 0.1) is 6.04 Å². The van der Waals surface area contributed by atoms with Crippen molar-refractivity contribution in [1.29, 1.82) is 0 Å². The third kappa shape index (κ3) is 13.9. The first-order valence-corrected chi connectivity index (χ1v) is 21.5. The molecule has 0 radical (unpaired) electrons. The Morgan fingerprint density at radius 3 is 1.48 bits per heavy atom. The predicted molar refractivity (Wildman–Crippen MR) is 218 cm³/mol. The highest BCUT2D eigenvalue weighted by Gasteiger charge is 2.51. The van der Waals surface area contributed by atoms with Crippen LogP contribution in [0.1, 0.15) is 78.4 Å². The molecular formula is C44H55F9N6O7. The molecule has 2 aromatic carbocycles. The Morgan fingerprint density at radius 2 is 1.05 bits per heavy atom. The summed E-state index contributed by atoms with van der Waals surface area (Å²) in [5, 5.41) is 8.30. The molecule has 0 aromatic heterocycles. The molecule has 6 rings (SSSR count). The number of amides is 5. The van der Waals surface area contributed by atoms with Crippen LogP contribution in [0.3, 0.4) is 0 Å². The maximum Gasteiger partial charge on any atom is 0.471 e. The molecule has 0 saturated carbocycles. The summed E-state index contributed by atoms with van der Waals surface area (Å²) >= 11 is 0. The first-order valence-electron chi connectivity index (χ1n) is 21.5. The van der Waals surface area contributed by atoms with Gasteiger partial charge in [-0.2, -0.15) is 13.2 Å². The average molecular weight is 951 g/mol. The highest BCUT2D eigenvalue weighted by atomic mass is 19.4. The Morgan fingerprint density at radius 1 is 0.621 bits per heavy atom. The molecule has 13 nitrogen and oxygen atoms in total. The third-order valence-electron chi connectivity index (χ3n) is 11.6. The van der Waals surface area contributed by atoms with E-state index in [1.54, 1.807) is 46.4 Å². The van der Waals surface area contributed by atoms with Gasteiger partial charge in [0.25, 0.3) is 0 Å². The van der Waals surface area contributed by atoms with Crippen LogP contribution in [0.5, 0.6) is 0 Å². The largest absolute Gasteiger partial charge is 0.471 e. The lowest BCUT2D eigenvalue weighted by atomic mass is 10.0. The van der Waals surface area contributed by atoms with Crippen molar-refractivity contribution >= 4 is 29.9 Å². The summed E-state index contributed by atoms with van der Waals surface area (Å²) in [5.41, 5.74) is -2.06. The summed E-state index contributed by atoms with van der Waals surface area (Å²) in [4.78, 5) is 66.1. The molecule has 4 aliphatic heterocycles. The Balaban J connectivity index is 0.000000251. The number of hydrogen-bond acceptors (Lipinski definition) is 8. The van der Waals surface area contributed by atoms with Gasteiger partial charge < -0.3 is 40.1 Å². The predicted octanol–water partition coefficient (Wildman–Crippen LogP) is 6.30. The van der Waals surface area contributed by atoms with Crippen molar-refractivity contribution in [2.24, 2.45) is 11.8 Å². The molecule has 3 N–H and O–H groups in total. The highest BCUT2D eigenvalue weighted by Crippen LogP contribution is 2.35. The van der Waals surface area contributed by atoms with Crippen molar-refractivity contribution in [3.63, 3.8) is 0 Å². The van der Waals surface area contributed by atoms with Gasteiger partial charge in [-0.15, -0.1) is 0 Å². The van der Waals surface area contributed by atoms with E-state index in [2.05, 4.69) is 16.0 Å². The number of likely N-dealkylation sites (tertiary alicyclic amines) is 3. The topological polar surface area (TPSA) is 150 Å².